The van der Waals surface area contributed by atoms with Gasteiger partial charge in [0.25, 0.3) is 0 Å². The number of ketones is 1. The molecule has 1 N–H and O–H groups in total. The molecule has 1 heterocycles. The van der Waals surface area contributed by atoms with Crippen LogP contribution >= 0.6 is 0 Å². The fraction of sp³-hybridized carbons (Fsp3) is 0.632. The largest absolute Gasteiger partial charge is 0.486 e. The van der Waals surface area contributed by atoms with Crippen molar-refractivity contribution in [1.82, 2.24) is 4.90 Å². The molecule has 0 amide bonds. The zero-order valence-corrected chi connectivity index (χ0v) is 14.3. The van der Waals surface area contributed by atoms with E-state index < -0.39 is 0 Å². The Hall–Kier alpha value is -1.55. The molecule has 126 valence electrons. The average molecular weight is 316 g/mol. The molecular formula is C19H28N2O2. The van der Waals surface area contributed by atoms with Crippen molar-refractivity contribution in [2.75, 3.05) is 25.5 Å². The molecule has 4 heteroatoms. The van der Waals surface area contributed by atoms with Gasteiger partial charge in [-0.1, -0.05) is 26.2 Å². The third-order valence-electron chi connectivity index (χ3n) is 5.16. The maximum atomic E-state index is 12.6. The number of carbonyl (C=O) groups is 1. The zero-order chi connectivity index (χ0) is 16.2. The third-order valence-corrected chi connectivity index (χ3v) is 5.16. The van der Waals surface area contributed by atoms with Crippen molar-refractivity contribution in [3.8, 4) is 5.75 Å². The third kappa shape index (κ3) is 3.86. The van der Waals surface area contributed by atoms with Gasteiger partial charge in [-0.3, -0.25) is 9.69 Å². The molecule has 1 fully saturated rings. The first kappa shape index (κ1) is 16.3. The second-order valence-corrected chi connectivity index (χ2v) is 6.87. The average Bonchev–Trinajstić information content (AvgIpc) is 2.61. The van der Waals surface area contributed by atoms with Crippen LogP contribution in [-0.4, -0.2) is 43.0 Å². The summed E-state index contributed by atoms with van der Waals surface area (Å²) in [4.78, 5) is 14.8. The second-order valence-electron chi connectivity index (χ2n) is 6.87. The van der Waals surface area contributed by atoms with E-state index in [-0.39, 0.29) is 11.9 Å². The second kappa shape index (κ2) is 7.35. The van der Waals surface area contributed by atoms with Crippen LogP contribution in [0.4, 0.5) is 5.69 Å². The number of hydrogen-bond donors (Lipinski definition) is 1. The van der Waals surface area contributed by atoms with Gasteiger partial charge in [-0.2, -0.15) is 0 Å². The standard InChI is InChI=1S/C19H28N2O2/c1-3-16-12-20-17-11-14(9-10-19(17)23-16)18(22)13-21(2)15-7-5-4-6-8-15/h9-11,15-16,20H,3-8,12-13H2,1-2H3. The summed E-state index contributed by atoms with van der Waals surface area (Å²) < 4.78 is 5.91. The number of benzene rings is 1. The fourth-order valence-corrected chi connectivity index (χ4v) is 3.59. The number of likely N-dealkylation sites (N-methyl/N-ethyl adjacent to an activating group) is 1. The molecule has 2 aliphatic rings. The quantitative estimate of drug-likeness (QED) is 0.841. The van der Waals surface area contributed by atoms with E-state index in [2.05, 4.69) is 24.2 Å². The minimum absolute atomic E-state index is 0.195. The maximum absolute atomic E-state index is 12.6. The number of anilines is 1. The smallest absolute Gasteiger partial charge is 0.176 e. The van der Waals surface area contributed by atoms with Gasteiger partial charge in [0.2, 0.25) is 0 Å². The fourth-order valence-electron chi connectivity index (χ4n) is 3.59. The Kier molecular flexibility index (Phi) is 5.21. The Morgan fingerprint density at radius 2 is 2.09 bits per heavy atom. The number of rotatable bonds is 5. The minimum Gasteiger partial charge on any atom is -0.486 e. The number of fused-ring (bicyclic) bond motifs is 1. The van der Waals surface area contributed by atoms with Crippen molar-refractivity contribution >= 4 is 11.5 Å². The molecule has 1 saturated carbocycles. The number of ether oxygens (including phenoxy) is 1. The predicted molar refractivity (Wildman–Crippen MR) is 93.5 cm³/mol. The van der Waals surface area contributed by atoms with Crippen molar-refractivity contribution in [1.29, 1.82) is 0 Å². The summed E-state index contributed by atoms with van der Waals surface area (Å²) in [6, 6.07) is 6.34. The topological polar surface area (TPSA) is 41.6 Å². The van der Waals surface area contributed by atoms with Crippen LogP contribution in [0.1, 0.15) is 55.8 Å². The lowest BCUT2D eigenvalue weighted by atomic mass is 9.94. The molecular weight excluding hydrogens is 288 g/mol. The van der Waals surface area contributed by atoms with Gasteiger partial charge in [0.05, 0.1) is 18.8 Å². The molecule has 0 bridgehead atoms. The lowest BCUT2D eigenvalue weighted by molar-refractivity contribution is 0.0899. The molecule has 0 spiro atoms. The summed E-state index contributed by atoms with van der Waals surface area (Å²) in [5, 5.41) is 3.38. The molecule has 0 radical (unpaired) electrons. The SMILES string of the molecule is CCC1CNc2cc(C(=O)CN(C)C3CCCCC3)ccc2O1. The highest BCUT2D eigenvalue weighted by Crippen LogP contribution is 2.31. The monoisotopic (exact) mass is 316 g/mol. The van der Waals surface area contributed by atoms with E-state index in [1.807, 2.05) is 18.2 Å². The van der Waals surface area contributed by atoms with Crippen molar-refractivity contribution in [3.63, 3.8) is 0 Å². The van der Waals surface area contributed by atoms with Crippen LogP contribution in [0.25, 0.3) is 0 Å². The molecule has 3 rings (SSSR count). The molecule has 1 aromatic carbocycles. The lowest BCUT2D eigenvalue weighted by Crippen LogP contribution is -2.37. The van der Waals surface area contributed by atoms with Gasteiger partial charge in [0.1, 0.15) is 11.9 Å². The van der Waals surface area contributed by atoms with Gasteiger partial charge in [-0.15, -0.1) is 0 Å². The number of carbonyl (C=O) groups excluding carboxylic acids is 1. The molecule has 0 aromatic heterocycles. The van der Waals surface area contributed by atoms with Crippen LogP contribution in [0.5, 0.6) is 5.75 Å². The zero-order valence-electron chi connectivity index (χ0n) is 14.3. The van der Waals surface area contributed by atoms with E-state index in [1.165, 1.54) is 32.1 Å². The summed E-state index contributed by atoms with van der Waals surface area (Å²) in [6.07, 6.45) is 7.58. The van der Waals surface area contributed by atoms with Gasteiger partial charge < -0.3 is 10.1 Å². The predicted octanol–water partition coefficient (Wildman–Crippen LogP) is 3.72. The van der Waals surface area contributed by atoms with E-state index in [0.29, 0.717) is 12.6 Å². The van der Waals surface area contributed by atoms with Gasteiger partial charge in [0, 0.05) is 11.6 Å². The normalized spacial score (nSPS) is 21.4. The maximum Gasteiger partial charge on any atom is 0.176 e. The first-order chi connectivity index (χ1) is 11.2. The highest BCUT2D eigenvalue weighted by molar-refractivity contribution is 5.98. The molecule has 4 nitrogen and oxygen atoms in total. The Morgan fingerprint density at radius 1 is 1.30 bits per heavy atom. The summed E-state index contributed by atoms with van der Waals surface area (Å²) in [5.74, 6) is 1.06. The van der Waals surface area contributed by atoms with Gasteiger partial charge in [-0.05, 0) is 44.5 Å². The summed E-state index contributed by atoms with van der Waals surface area (Å²) >= 11 is 0. The first-order valence-electron chi connectivity index (χ1n) is 8.95. The summed E-state index contributed by atoms with van der Waals surface area (Å²) in [5.41, 5.74) is 1.72. The van der Waals surface area contributed by atoms with E-state index in [4.69, 9.17) is 4.74 Å². The van der Waals surface area contributed by atoms with Crippen LogP contribution in [0.3, 0.4) is 0 Å². The molecule has 1 unspecified atom stereocenters. The molecule has 1 aromatic rings. The number of hydrogen-bond acceptors (Lipinski definition) is 4. The van der Waals surface area contributed by atoms with Gasteiger partial charge >= 0.3 is 0 Å². The van der Waals surface area contributed by atoms with Crippen molar-refractivity contribution in [2.24, 2.45) is 0 Å². The van der Waals surface area contributed by atoms with Gasteiger partial charge in [-0.25, -0.2) is 0 Å². The van der Waals surface area contributed by atoms with Crippen molar-refractivity contribution < 1.29 is 9.53 Å². The van der Waals surface area contributed by atoms with Crippen molar-refractivity contribution in [3.05, 3.63) is 23.8 Å². The first-order valence-corrected chi connectivity index (χ1v) is 8.95. The molecule has 23 heavy (non-hydrogen) atoms. The molecule has 1 aliphatic heterocycles. The Morgan fingerprint density at radius 3 is 2.83 bits per heavy atom. The van der Waals surface area contributed by atoms with E-state index in [9.17, 15) is 4.79 Å². The lowest BCUT2D eigenvalue weighted by Gasteiger charge is -2.31. The van der Waals surface area contributed by atoms with Crippen LogP contribution in [0, 0.1) is 0 Å². The van der Waals surface area contributed by atoms with Crippen LogP contribution < -0.4 is 10.1 Å². The van der Waals surface area contributed by atoms with Crippen LogP contribution in [0.2, 0.25) is 0 Å². The highest BCUT2D eigenvalue weighted by Gasteiger charge is 2.22. The van der Waals surface area contributed by atoms with E-state index >= 15 is 0 Å². The highest BCUT2D eigenvalue weighted by atomic mass is 16.5. The summed E-state index contributed by atoms with van der Waals surface area (Å²) in [6.45, 7) is 3.43. The Labute approximate surface area is 139 Å². The number of nitrogens with zero attached hydrogens (tertiary/aromatic N) is 1. The Bertz CT molecular complexity index is 552. The molecule has 0 saturated heterocycles. The number of nitrogens with one attached hydrogen (secondary N) is 1. The summed E-state index contributed by atoms with van der Waals surface area (Å²) in [7, 11) is 2.08. The minimum atomic E-state index is 0.195. The molecule has 1 aliphatic carbocycles. The van der Waals surface area contributed by atoms with Crippen LogP contribution in [-0.2, 0) is 0 Å². The Balaban J connectivity index is 1.63. The molecule has 1 atom stereocenters. The van der Waals surface area contributed by atoms with Crippen LogP contribution in [0.15, 0.2) is 18.2 Å². The van der Waals surface area contributed by atoms with Gasteiger partial charge in [0.15, 0.2) is 5.78 Å². The van der Waals surface area contributed by atoms with Crippen molar-refractivity contribution in [2.45, 2.75) is 57.6 Å². The van der Waals surface area contributed by atoms with E-state index in [1.54, 1.807) is 0 Å². The number of Topliss-reactive ketones (excluding diaryl/α,β-unsaturated/α-hetero) is 1. The van der Waals surface area contributed by atoms with E-state index in [0.717, 1.165) is 30.0 Å².